The number of esters is 4. The molecule has 0 radical (unpaired) electrons. The number of nitrogens with one attached hydrogen (secondary N) is 2. The van der Waals surface area contributed by atoms with Crippen molar-refractivity contribution in [1.82, 2.24) is 0 Å². The van der Waals surface area contributed by atoms with Crippen LogP contribution in [-0.4, -0.2) is 80.6 Å². The molecular weight excluding hydrogens is 843 g/mol. The third kappa shape index (κ3) is 19.7. The largest absolute Gasteiger partial charge is 0.461 e. The van der Waals surface area contributed by atoms with Gasteiger partial charge in [0.25, 0.3) is 5.69 Å². The number of nitro benzene ring substituents is 1. The molecule has 0 saturated carbocycles. The molecule has 0 aliphatic carbocycles. The lowest BCUT2D eigenvalue weighted by atomic mass is 10.1. The van der Waals surface area contributed by atoms with Gasteiger partial charge < -0.3 is 28.4 Å². The predicted octanol–water partition coefficient (Wildman–Crippen LogP) is 9.04. The van der Waals surface area contributed by atoms with Gasteiger partial charge >= 0.3 is 36.1 Å². The van der Waals surface area contributed by atoms with E-state index in [0.717, 1.165) is 0 Å². The van der Waals surface area contributed by atoms with Crippen LogP contribution in [0, 0.1) is 33.8 Å². The molecule has 0 aliphatic rings. The first-order valence-electron chi connectivity index (χ1n) is 20.9. The van der Waals surface area contributed by atoms with Crippen LogP contribution < -0.4 is 10.6 Å². The van der Waals surface area contributed by atoms with Gasteiger partial charge in [-0.25, -0.2) is 9.59 Å². The highest BCUT2D eigenvalue weighted by Crippen LogP contribution is 2.19. The molecule has 3 aromatic carbocycles. The van der Waals surface area contributed by atoms with Gasteiger partial charge in [0.15, 0.2) is 0 Å². The van der Waals surface area contributed by atoms with Gasteiger partial charge in [-0.1, -0.05) is 79.7 Å². The normalized spacial score (nSPS) is 10.6. The van der Waals surface area contributed by atoms with Gasteiger partial charge in [0.1, 0.15) is 39.6 Å². The quantitative estimate of drug-likeness (QED) is 0.0415. The van der Waals surface area contributed by atoms with Crippen molar-refractivity contribution in [3.8, 4) is 0 Å². The number of anilines is 2. The number of carbonyl (C=O) groups is 6. The summed E-state index contributed by atoms with van der Waals surface area (Å²) in [5.74, 6) is -2.96. The fraction of sp³-hybridized carbons (Fsp3) is 0.375. The lowest BCUT2D eigenvalue weighted by Crippen LogP contribution is -2.19. The SMILES string of the molecule is CC(C)C(=O)OCC(=Cc1ccc(NC(=O)OCC(=Cc2ccc([N+](=O)[O-])cc2)COC(=O)Nc2ccc(C=C(COC(=O)C(C)C)COC(=O)C(C)C)cc2)cc1)COC(=O)C(C)C. The zero-order chi connectivity index (χ0) is 48.1. The van der Waals surface area contributed by atoms with E-state index in [9.17, 15) is 38.9 Å². The molecular formula is C48H57N3O14. The Kier molecular flexibility index (Phi) is 21.1. The summed E-state index contributed by atoms with van der Waals surface area (Å²) >= 11 is 0. The Labute approximate surface area is 378 Å². The number of non-ortho nitro benzene ring substituents is 1. The molecule has 0 atom stereocenters. The maximum Gasteiger partial charge on any atom is 0.411 e. The van der Waals surface area contributed by atoms with Crippen LogP contribution in [0.15, 0.2) is 89.5 Å². The second kappa shape index (κ2) is 26.4. The molecule has 0 spiro atoms. The molecule has 0 saturated heterocycles. The van der Waals surface area contributed by atoms with Gasteiger partial charge in [-0.3, -0.25) is 39.9 Å². The Balaban J connectivity index is 1.68. The Morgan fingerprint density at radius 3 is 0.938 bits per heavy atom. The molecule has 0 fully saturated rings. The first kappa shape index (κ1) is 52.0. The molecule has 17 nitrogen and oxygen atoms in total. The third-order valence-corrected chi connectivity index (χ3v) is 8.79. The minimum Gasteiger partial charge on any atom is -0.461 e. The van der Waals surface area contributed by atoms with E-state index in [4.69, 9.17) is 28.4 Å². The molecule has 3 rings (SSSR count). The van der Waals surface area contributed by atoms with Crippen LogP contribution >= 0.6 is 0 Å². The summed E-state index contributed by atoms with van der Waals surface area (Å²) in [6.07, 6.45) is 3.33. The number of ether oxygens (including phenoxy) is 6. The zero-order valence-electron chi connectivity index (χ0n) is 37.9. The maximum atomic E-state index is 12.9. The van der Waals surface area contributed by atoms with Crippen molar-refractivity contribution >= 4 is 71.4 Å². The molecule has 65 heavy (non-hydrogen) atoms. The van der Waals surface area contributed by atoms with E-state index < -0.39 is 41.0 Å². The van der Waals surface area contributed by atoms with Gasteiger partial charge in [-0.05, 0) is 71.3 Å². The van der Waals surface area contributed by atoms with E-state index in [2.05, 4.69) is 10.6 Å². The van der Waals surface area contributed by atoms with Gasteiger partial charge in [-0.2, -0.15) is 0 Å². The molecule has 2 amide bonds. The van der Waals surface area contributed by atoms with Gasteiger partial charge in [-0.15, -0.1) is 0 Å². The molecule has 348 valence electrons. The maximum absolute atomic E-state index is 12.9. The average molecular weight is 900 g/mol. The van der Waals surface area contributed by atoms with E-state index in [-0.39, 0.29) is 69.0 Å². The summed E-state index contributed by atoms with van der Waals surface area (Å²) in [7, 11) is 0. The second-order valence-electron chi connectivity index (χ2n) is 16.0. The monoisotopic (exact) mass is 899 g/mol. The highest BCUT2D eigenvalue weighted by Gasteiger charge is 2.16. The Morgan fingerprint density at radius 2 is 0.692 bits per heavy atom. The molecule has 0 aromatic heterocycles. The van der Waals surface area contributed by atoms with Crippen molar-refractivity contribution in [3.63, 3.8) is 0 Å². The first-order chi connectivity index (χ1) is 30.8. The predicted molar refractivity (Wildman–Crippen MR) is 243 cm³/mol. The van der Waals surface area contributed by atoms with Crippen LogP contribution in [0.1, 0.15) is 72.1 Å². The summed E-state index contributed by atoms with van der Waals surface area (Å²) in [6.45, 7) is 12.7. The van der Waals surface area contributed by atoms with Crippen molar-refractivity contribution in [3.05, 3.63) is 116 Å². The zero-order valence-corrected chi connectivity index (χ0v) is 37.9. The molecule has 0 heterocycles. The van der Waals surface area contributed by atoms with Crippen molar-refractivity contribution in [2.24, 2.45) is 23.7 Å². The number of nitro groups is 1. The van der Waals surface area contributed by atoms with E-state index in [1.807, 2.05) is 0 Å². The van der Waals surface area contributed by atoms with Crippen molar-refractivity contribution in [2.45, 2.75) is 55.4 Å². The molecule has 2 N–H and O–H groups in total. The number of rotatable bonds is 22. The van der Waals surface area contributed by atoms with Crippen LogP contribution in [0.3, 0.4) is 0 Å². The number of carbonyl (C=O) groups excluding carboxylic acids is 6. The number of amides is 2. The van der Waals surface area contributed by atoms with Crippen LogP contribution in [-0.2, 0) is 47.6 Å². The van der Waals surface area contributed by atoms with Crippen molar-refractivity contribution in [1.29, 1.82) is 0 Å². The average Bonchev–Trinajstić information content (AvgIpc) is 3.27. The van der Waals surface area contributed by atoms with Gasteiger partial charge in [0, 0.05) is 40.2 Å². The number of hydrogen-bond donors (Lipinski definition) is 2. The van der Waals surface area contributed by atoms with Crippen molar-refractivity contribution < 1.29 is 62.1 Å². The van der Waals surface area contributed by atoms with Crippen molar-refractivity contribution in [2.75, 3.05) is 50.3 Å². The smallest absolute Gasteiger partial charge is 0.411 e. The van der Waals surface area contributed by atoms with Crippen LogP contribution in [0.25, 0.3) is 18.2 Å². The summed E-state index contributed by atoms with van der Waals surface area (Å²) < 4.78 is 32.3. The van der Waals surface area contributed by atoms with E-state index >= 15 is 0 Å². The van der Waals surface area contributed by atoms with Crippen LogP contribution in [0.2, 0.25) is 0 Å². The fourth-order valence-corrected chi connectivity index (χ4v) is 5.05. The summed E-state index contributed by atoms with van der Waals surface area (Å²) in [6, 6.07) is 18.8. The Hall–Kier alpha value is -7.30. The van der Waals surface area contributed by atoms with Gasteiger partial charge in [0.2, 0.25) is 0 Å². The van der Waals surface area contributed by atoms with Crippen LogP contribution in [0.5, 0.6) is 0 Å². The highest BCUT2D eigenvalue weighted by molar-refractivity contribution is 5.86. The standard InChI is InChI=1S/C48H57N3O14/c1-30(2)43(52)60-24-37(25-61-44(53)31(3)4)21-34-9-15-40(16-10-34)49-47(56)64-28-39(23-36-13-19-42(20-14-36)51(58)59)29-65-48(57)50-41-17-11-35(12-18-41)22-38(26-62-45(54)32(5)6)27-63-46(55)33(7)8/h9-23,30-33H,24-29H2,1-8H3,(H,49,56)(H,50,57). The summed E-state index contributed by atoms with van der Waals surface area (Å²) in [5.41, 5.74) is 3.91. The summed E-state index contributed by atoms with van der Waals surface area (Å²) in [5, 5.41) is 16.4. The number of hydrogen-bond acceptors (Lipinski definition) is 14. The Bertz CT molecular complexity index is 2030. The topological polar surface area (TPSA) is 225 Å². The molecule has 0 unspecified atom stereocenters. The number of benzene rings is 3. The second-order valence-corrected chi connectivity index (χ2v) is 16.0. The molecule has 3 aromatic rings. The van der Waals surface area contributed by atoms with E-state index in [0.29, 0.717) is 44.8 Å². The van der Waals surface area contributed by atoms with Crippen LogP contribution in [0.4, 0.5) is 26.7 Å². The molecule has 17 heteroatoms. The molecule has 0 bridgehead atoms. The van der Waals surface area contributed by atoms with E-state index in [1.54, 1.807) is 122 Å². The lowest BCUT2D eigenvalue weighted by Gasteiger charge is -2.13. The first-order valence-corrected chi connectivity index (χ1v) is 20.9. The minimum atomic E-state index is -0.831. The highest BCUT2D eigenvalue weighted by atomic mass is 16.6. The fourth-order valence-electron chi connectivity index (χ4n) is 5.05. The van der Waals surface area contributed by atoms with E-state index in [1.165, 1.54) is 24.3 Å². The number of nitrogens with zero attached hydrogens (tertiary/aromatic N) is 1. The lowest BCUT2D eigenvalue weighted by molar-refractivity contribution is -0.384. The minimum absolute atomic E-state index is 0.0801. The van der Waals surface area contributed by atoms with Gasteiger partial charge in [0.05, 0.1) is 28.6 Å². The third-order valence-electron chi connectivity index (χ3n) is 8.79. The Morgan fingerprint density at radius 1 is 0.446 bits per heavy atom. The molecule has 0 aliphatic heterocycles. The summed E-state index contributed by atoms with van der Waals surface area (Å²) in [4.78, 5) is 84.8.